The Bertz CT molecular complexity index is 832. The highest BCUT2D eigenvalue weighted by atomic mass is 79.9. The summed E-state index contributed by atoms with van der Waals surface area (Å²) in [6, 6.07) is 11.8. The zero-order valence-corrected chi connectivity index (χ0v) is 14.8. The van der Waals surface area contributed by atoms with Crippen molar-refractivity contribution in [2.75, 3.05) is 5.01 Å². The Labute approximate surface area is 148 Å². The fourth-order valence-electron chi connectivity index (χ4n) is 2.13. The number of nitrogens with one attached hydrogen (secondary N) is 1. The SMILES string of the molecule is O=C1NN(c2ccc(Br)cc2)C(=O)C1=Cc1cc(Br)ccc1O. The summed E-state index contributed by atoms with van der Waals surface area (Å²) in [5.41, 5.74) is 3.41. The van der Waals surface area contributed by atoms with Crippen molar-refractivity contribution in [3.05, 3.63) is 62.5 Å². The molecule has 0 bridgehead atoms. The number of hydrazine groups is 1. The number of phenolic OH excluding ortho intramolecular Hbond substituents is 1. The molecule has 116 valence electrons. The predicted molar refractivity (Wildman–Crippen MR) is 93.6 cm³/mol. The molecule has 1 fully saturated rings. The normalized spacial score (nSPS) is 16.1. The van der Waals surface area contributed by atoms with E-state index in [-0.39, 0.29) is 11.3 Å². The number of hydrogen-bond acceptors (Lipinski definition) is 3. The largest absolute Gasteiger partial charge is 0.507 e. The summed E-state index contributed by atoms with van der Waals surface area (Å²) < 4.78 is 1.60. The number of rotatable bonds is 2. The average molecular weight is 438 g/mol. The van der Waals surface area contributed by atoms with Gasteiger partial charge in [-0.25, -0.2) is 5.01 Å². The molecule has 1 heterocycles. The quantitative estimate of drug-likeness (QED) is 0.559. The fourth-order valence-corrected chi connectivity index (χ4v) is 2.77. The van der Waals surface area contributed by atoms with Crippen LogP contribution in [0.3, 0.4) is 0 Å². The molecule has 0 aliphatic carbocycles. The van der Waals surface area contributed by atoms with E-state index >= 15 is 0 Å². The first-order chi connectivity index (χ1) is 11.0. The third-order valence-corrected chi connectivity index (χ3v) is 4.29. The van der Waals surface area contributed by atoms with Crippen molar-refractivity contribution in [2.45, 2.75) is 0 Å². The van der Waals surface area contributed by atoms with Gasteiger partial charge in [-0.05, 0) is 48.5 Å². The van der Waals surface area contributed by atoms with Gasteiger partial charge in [0, 0.05) is 14.5 Å². The Morgan fingerprint density at radius 1 is 1.00 bits per heavy atom. The van der Waals surface area contributed by atoms with Crippen LogP contribution >= 0.6 is 31.9 Å². The van der Waals surface area contributed by atoms with E-state index in [2.05, 4.69) is 37.3 Å². The van der Waals surface area contributed by atoms with Crippen molar-refractivity contribution in [1.82, 2.24) is 5.43 Å². The van der Waals surface area contributed by atoms with Crippen molar-refractivity contribution in [3.8, 4) is 5.75 Å². The Hall–Kier alpha value is -2.12. The molecular formula is C16H10Br2N2O3. The minimum atomic E-state index is -0.516. The molecule has 7 heteroatoms. The Morgan fingerprint density at radius 2 is 1.65 bits per heavy atom. The lowest BCUT2D eigenvalue weighted by molar-refractivity contribution is -0.117. The second-order valence-electron chi connectivity index (χ2n) is 4.82. The molecule has 2 aromatic rings. The third kappa shape index (κ3) is 3.16. The van der Waals surface area contributed by atoms with Crippen LogP contribution in [0.5, 0.6) is 5.75 Å². The van der Waals surface area contributed by atoms with Crippen LogP contribution in [0.25, 0.3) is 6.08 Å². The summed E-state index contributed by atoms with van der Waals surface area (Å²) in [5, 5.41) is 11.0. The van der Waals surface area contributed by atoms with Crippen LogP contribution < -0.4 is 10.4 Å². The van der Waals surface area contributed by atoms with Crippen molar-refractivity contribution in [2.24, 2.45) is 0 Å². The zero-order valence-electron chi connectivity index (χ0n) is 11.6. The molecule has 3 rings (SSSR count). The molecule has 1 aliphatic rings. The monoisotopic (exact) mass is 436 g/mol. The number of amides is 2. The van der Waals surface area contributed by atoms with E-state index in [1.807, 2.05) is 0 Å². The van der Waals surface area contributed by atoms with E-state index < -0.39 is 11.8 Å². The number of carbonyl (C=O) groups is 2. The number of halogens is 2. The lowest BCUT2D eigenvalue weighted by Crippen LogP contribution is -2.35. The molecule has 5 nitrogen and oxygen atoms in total. The lowest BCUT2D eigenvalue weighted by atomic mass is 10.1. The van der Waals surface area contributed by atoms with E-state index in [4.69, 9.17) is 0 Å². The molecule has 2 aromatic carbocycles. The van der Waals surface area contributed by atoms with E-state index in [0.717, 1.165) is 8.95 Å². The number of benzene rings is 2. The number of phenols is 1. The fraction of sp³-hybridized carbons (Fsp3) is 0. The van der Waals surface area contributed by atoms with Gasteiger partial charge in [-0.1, -0.05) is 31.9 Å². The van der Waals surface area contributed by atoms with Gasteiger partial charge in [-0.2, -0.15) is 0 Å². The molecule has 1 aliphatic heterocycles. The van der Waals surface area contributed by atoms with Gasteiger partial charge in [0.15, 0.2) is 0 Å². The highest BCUT2D eigenvalue weighted by molar-refractivity contribution is 9.10. The van der Waals surface area contributed by atoms with E-state index in [0.29, 0.717) is 11.3 Å². The molecule has 2 N–H and O–H groups in total. The molecule has 0 atom stereocenters. The zero-order chi connectivity index (χ0) is 16.6. The van der Waals surface area contributed by atoms with Crippen LogP contribution in [0.1, 0.15) is 5.56 Å². The molecule has 0 saturated carbocycles. The Balaban J connectivity index is 1.97. The summed E-state index contributed by atoms with van der Waals surface area (Å²) in [7, 11) is 0. The summed E-state index contributed by atoms with van der Waals surface area (Å²) >= 11 is 6.61. The minimum Gasteiger partial charge on any atom is -0.507 e. The first-order valence-corrected chi connectivity index (χ1v) is 8.15. The molecule has 0 radical (unpaired) electrons. The van der Waals surface area contributed by atoms with Crippen LogP contribution in [0, 0.1) is 0 Å². The predicted octanol–water partition coefficient (Wildman–Crippen LogP) is 3.38. The maximum Gasteiger partial charge on any atom is 0.282 e. The van der Waals surface area contributed by atoms with Crippen LogP contribution in [0.4, 0.5) is 5.69 Å². The van der Waals surface area contributed by atoms with Crippen LogP contribution in [-0.4, -0.2) is 16.9 Å². The topological polar surface area (TPSA) is 69.6 Å². The highest BCUT2D eigenvalue weighted by Gasteiger charge is 2.34. The molecule has 0 spiro atoms. The first-order valence-electron chi connectivity index (χ1n) is 6.57. The smallest absolute Gasteiger partial charge is 0.282 e. The molecule has 1 saturated heterocycles. The number of hydrogen-bond donors (Lipinski definition) is 2. The van der Waals surface area contributed by atoms with Gasteiger partial charge >= 0.3 is 0 Å². The van der Waals surface area contributed by atoms with Crippen LogP contribution in [-0.2, 0) is 9.59 Å². The minimum absolute atomic E-state index is 0.0107. The van der Waals surface area contributed by atoms with Gasteiger partial charge < -0.3 is 5.11 Å². The number of carbonyl (C=O) groups excluding carboxylic acids is 2. The van der Waals surface area contributed by atoms with E-state index in [1.54, 1.807) is 36.4 Å². The first kappa shape index (κ1) is 15.8. The maximum absolute atomic E-state index is 12.5. The second kappa shape index (κ2) is 6.17. The van der Waals surface area contributed by atoms with E-state index in [9.17, 15) is 14.7 Å². The van der Waals surface area contributed by atoms with Gasteiger partial charge in [-0.3, -0.25) is 15.0 Å². The summed E-state index contributed by atoms with van der Waals surface area (Å²) in [6.07, 6.45) is 1.37. The Morgan fingerprint density at radius 3 is 2.35 bits per heavy atom. The van der Waals surface area contributed by atoms with Gasteiger partial charge in [0.1, 0.15) is 11.3 Å². The van der Waals surface area contributed by atoms with Gasteiger partial charge in [0.25, 0.3) is 11.8 Å². The van der Waals surface area contributed by atoms with Crippen molar-refractivity contribution in [3.63, 3.8) is 0 Å². The lowest BCUT2D eigenvalue weighted by Gasteiger charge is -2.14. The average Bonchev–Trinajstić information content (AvgIpc) is 2.80. The summed E-state index contributed by atoms with van der Waals surface area (Å²) in [6.45, 7) is 0. The third-order valence-electron chi connectivity index (χ3n) is 3.27. The molecular weight excluding hydrogens is 428 g/mol. The summed E-state index contributed by atoms with van der Waals surface area (Å²) in [4.78, 5) is 24.6. The standard InChI is InChI=1S/C16H10Br2N2O3/c17-10-1-4-12(5-2-10)20-16(23)13(15(22)19-20)8-9-7-11(18)3-6-14(9)21/h1-8,21H,(H,19,22). The number of aromatic hydroxyl groups is 1. The number of nitrogens with zero attached hydrogens (tertiary/aromatic N) is 1. The number of anilines is 1. The summed E-state index contributed by atoms with van der Waals surface area (Å²) in [5.74, 6) is -1.00. The van der Waals surface area contributed by atoms with Gasteiger partial charge in [-0.15, -0.1) is 0 Å². The second-order valence-corrected chi connectivity index (χ2v) is 6.65. The van der Waals surface area contributed by atoms with E-state index in [1.165, 1.54) is 17.2 Å². The van der Waals surface area contributed by atoms with Crippen LogP contribution in [0.2, 0.25) is 0 Å². The maximum atomic E-state index is 12.5. The van der Waals surface area contributed by atoms with Gasteiger partial charge in [0.05, 0.1) is 5.69 Å². The molecule has 0 aromatic heterocycles. The van der Waals surface area contributed by atoms with Crippen molar-refractivity contribution >= 4 is 55.4 Å². The van der Waals surface area contributed by atoms with Crippen molar-refractivity contribution < 1.29 is 14.7 Å². The Kier molecular flexibility index (Phi) is 4.23. The van der Waals surface area contributed by atoms with Crippen molar-refractivity contribution in [1.29, 1.82) is 0 Å². The van der Waals surface area contributed by atoms with Gasteiger partial charge in [0.2, 0.25) is 0 Å². The van der Waals surface area contributed by atoms with Crippen LogP contribution in [0.15, 0.2) is 57.0 Å². The molecule has 23 heavy (non-hydrogen) atoms. The molecule has 2 amide bonds. The highest BCUT2D eigenvalue weighted by Crippen LogP contribution is 2.27. The molecule has 0 unspecified atom stereocenters.